The second kappa shape index (κ2) is 19.2. The standard InChI is InChI=1S/C29H37N7O4/c30-35-34-26-11-9-25(10-12-26)29(37)33-15-5-17-38-19-21-40-22-20-39-18-6-16-36(23-27-7-1-3-13-31-27)24-28-8-2-4-14-32-28/h1-4,7-14H,5-6,15-24H2,(H,33,37). The molecule has 1 amide bonds. The number of benzene rings is 1. The third-order valence-corrected chi connectivity index (χ3v) is 5.77. The molecule has 11 heteroatoms. The Balaban J connectivity index is 1.16. The van der Waals surface area contributed by atoms with E-state index in [-0.39, 0.29) is 5.91 Å². The fourth-order valence-corrected chi connectivity index (χ4v) is 3.80. The number of ether oxygens (including phenoxy) is 3. The molecule has 0 aliphatic heterocycles. The SMILES string of the molecule is [N-]=[N+]=Nc1ccc(C(=O)NCCCOCCOCCOCCCN(Cc2ccccn2)Cc2ccccn2)cc1. The van der Waals surface area contributed by atoms with Crippen LogP contribution in [0.15, 0.2) is 78.2 Å². The maximum absolute atomic E-state index is 12.1. The summed E-state index contributed by atoms with van der Waals surface area (Å²) in [5.41, 5.74) is 11.5. The van der Waals surface area contributed by atoms with Crippen molar-refractivity contribution in [1.82, 2.24) is 20.2 Å². The summed E-state index contributed by atoms with van der Waals surface area (Å²) < 4.78 is 16.9. The highest BCUT2D eigenvalue weighted by molar-refractivity contribution is 5.94. The monoisotopic (exact) mass is 547 g/mol. The largest absolute Gasteiger partial charge is 0.379 e. The molecule has 0 saturated heterocycles. The van der Waals surface area contributed by atoms with Gasteiger partial charge in [-0.2, -0.15) is 0 Å². The first-order valence-electron chi connectivity index (χ1n) is 13.4. The van der Waals surface area contributed by atoms with Gasteiger partial charge in [0, 0.05) is 67.9 Å². The molecule has 40 heavy (non-hydrogen) atoms. The minimum Gasteiger partial charge on any atom is -0.379 e. The van der Waals surface area contributed by atoms with Gasteiger partial charge in [0.25, 0.3) is 5.91 Å². The van der Waals surface area contributed by atoms with Crippen molar-refractivity contribution in [3.8, 4) is 0 Å². The Hall–Kier alpha value is -3.86. The molecule has 0 aliphatic rings. The fourth-order valence-electron chi connectivity index (χ4n) is 3.80. The lowest BCUT2D eigenvalue weighted by molar-refractivity contribution is 0.0125. The number of nitrogens with one attached hydrogen (secondary N) is 1. The van der Waals surface area contributed by atoms with Gasteiger partial charge >= 0.3 is 0 Å². The Morgan fingerprint density at radius 1 is 0.800 bits per heavy atom. The Labute approximate surface area is 235 Å². The second-order valence-electron chi connectivity index (χ2n) is 8.89. The Morgan fingerprint density at radius 2 is 1.38 bits per heavy atom. The van der Waals surface area contributed by atoms with Gasteiger partial charge in [0.15, 0.2) is 0 Å². The van der Waals surface area contributed by atoms with Crippen molar-refractivity contribution in [2.75, 3.05) is 52.7 Å². The molecule has 3 aromatic rings. The summed E-state index contributed by atoms with van der Waals surface area (Å²) in [6, 6.07) is 18.4. The zero-order valence-corrected chi connectivity index (χ0v) is 22.7. The van der Waals surface area contributed by atoms with E-state index in [9.17, 15) is 4.79 Å². The molecule has 212 valence electrons. The number of hydrogen-bond acceptors (Lipinski definition) is 8. The molecule has 1 aromatic carbocycles. The smallest absolute Gasteiger partial charge is 0.251 e. The fraction of sp³-hybridized carbons (Fsp3) is 0.414. The van der Waals surface area contributed by atoms with Crippen LogP contribution in [0.1, 0.15) is 34.6 Å². The number of rotatable bonds is 20. The van der Waals surface area contributed by atoms with E-state index in [1.54, 1.807) is 24.3 Å². The molecule has 3 rings (SSSR count). The van der Waals surface area contributed by atoms with E-state index in [2.05, 4.69) is 30.2 Å². The minimum absolute atomic E-state index is 0.176. The predicted octanol–water partition coefficient (Wildman–Crippen LogP) is 4.68. The van der Waals surface area contributed by atoms with Crippen molar-refractivity contribution >= 4 is 11.6 Å². The number of carbonyl (C=O) groups is 1. The van der Waals surface area contributed by atoms with Crippen LogP contribution in [0.4, 0.5) is 5.69 Å². The highest BCUT2D eigenvalue weighted by atomic mass is 16.5. The van der Waals surface area contributed by atoms with Gasteiger partial charge in [-0.15, -0.1) is 0 Å². The number of nitrogens with zero attached hydrogens (tertiary/aromatic N) is 6. The van der Waals surface area contributed by atoms with E-state index in [0.717, 1.165) is 37.4 Å². The van der Waals surface area contributed by atoms with Gasteiger partial charge < -0.3 is 19.5 Å². The van der Waals surface area contributed by atoms with Gasteiger partial charge in [0.05, 0.1) is 37.8 Å². The molecule has 0 radical (unpaired) electrons. The van der Waals surface area contributed by atoms with Gasteiger partial charge in [-0.1, -0.05) is 29.4 Å². The van der Waals surface area contributed by atoms with Crippen LogP contribution < -0.4 is 5.32 Å². The van der Waals surface area contributed by atoms with E-state index in [0.29, 0.717) is 63.9 Å². The highest BCUT2D eigenvalue weighted by Gasteiger charge is 2.09. The van der Waals surface area contributed by atoms with Crippen LogP contribution in [-0.4, -0.2) is 73.5 Å². The Morgan fingerprint density at radius 3 is 1.93 bits per heavy atom. The van der Waals surface area contributed by atoms with Crippen molar-refractivity contribution in [2.24, 2.45) is 5.11 Å². The van der Waals surface area contributed by atoms with Gasteiger partial charge in [-0.25, -0.2) is 0 Å². The molecule has 0 bridgehead atoms. The van der Waals surface area contributed by atoms with Crippen LogP contribution in [0, 0.1) is 0 Å². The number of pyridine rings is 2. The molecule has 0 fully saturated rings. The predicted molar refractivity (Wildman–Crippen MR) is 152 cm³/mol. The van der Waals surface area contributed by atoms with Crippen LogP contribution in [0.25, 0.3) is 10.4 Å². The van der Waals surface area contributed by atoms with Gasteiger partial charge in [-0.05, 0) is 54.8 Å². The molecule has 1 N–H and O–H groups in total. The first-order chi connectivity index (χ1) is 19.7. The minimum atomic E-state index is -0.176. The summed E-state index contributed by atoms with van der Waals surface area (Å²) in [6.07, 6.45) is 5.24. The Bertz CT molecular complexity index is 1100. The highest BCUT2D eigenvalue weighted by Crippen LogP contribution is 2.13. The summed E-state index contributed by atoms with van der Waals surface area (Å²) in [4.78, 5) is 26.1. The molecule has 0 saturated carbocycles. The third kappa shape index (κ3) is 12.8. The van der Waals surface area contributed by atoms with Gasteiger partial charge in [-0.3, -0.25) is 19.7 Å². The molecule has 2 aromatic heterocycles. The van der Waals surface area contributed by atoms with Gasteiger partial charge in [0.2, 0.25) is 0 Å². The number of amides is 1. The van der Waals surface area contributed by atoms with Crippen LogP contribution in [0.3, 0.4) is 0 Å². The second-order valence-corrected chi connectivity index (χ2v) is 8.89. The van der Waals surface area contributed by atoms with Crippen LogP contribution in [0.2, 0.25) is 0 Å². The Kier molecular flexibility index (Phi) is 14.8. The number of hydrogen-bond donors (Lipinski definition) is 1. The maximum Gasteiger partial charge on any atom is 0.251 e. The first kappa shape index (κ1) is 30.7. The van der Waals surface area contributed by atoms with Gasteiger partial charge in [0.1, 0.15) is 0 Å². The number of aromatic nitrogens is 2. The maximum atomic E-state index is 12.1. The number of azide groups is 1. The first-order valence-corrected chi connectivity index (χ1v) is 13.4. The van der Waals surface area contributed by atoms with Crippen molar-refractivity contribution < 1.29 is 19.0 Å². The topological polar surface area (TPSA) is 135 Å². The quantitative estimate of drug-likeness (QED) is 0.0939. The van der Waals surface area contributed by atoms with E-state index in [1.165, 1.54) is 0 Å². The summed E-state index contributed by atoms with van der Waals surface area (Å²) in [7, 11) is 0. The third-order valence-electron chi connectivity index (χ3n) is 5.77. The van der Waals surface area contributed by atoms with E-state index < -0.39 is 0 Å². The van der Waals surface area contributed by atoms with E-state index in [1.807, 2.05) is 48.8 Å². The molecular weight excluding hydrogens is 510 g/mol. The lowest BCUT2D eigenvalue weighted by Crippen LogP contribution is -2.26. The molecule has 0 atom stereocenters. The molecule has 11 nitrogen and oxygen atoms in total. The van der Waals surface area contributed by atoms with Crippen LogP contribution >= 0.6 is 0 Å². The average Bonchev–Trinajstić information content (AvgIpc) is 2.98. The number of carbonyl (C=O) groups excluding carboxylic acids is 1. The average molecular weight is 548 g/mol. The normalized spacial score (nSPS) is 10.8. The zero-order valence-electron chi connectivity index (χ0n) is 22.7. The van der Waals surface area contributed by atoms with Crippen molar-refractivity contribution in [1.29, 1.82) is 0 Å². The van der Waals surface area contributed by atoms with E-state index in [4.69, 9.17) is 19.7 Å². The zero-order chi connectivity index (χ0) is 28.1. The molecule has 0 aliphatic carbocycles. The van der Waals surface area contributed by atoms with E-state index >= 15 is 0 Å². The summed E-state index contributed by atoms with van der Waals surface area (Å²) in [5, 5.41) is 6.32. The van der Waals surface area contributed by atoms with Crippen molar-refractivity contribution in [3.63, 3.8) is 0 Å². The summed E-state index contributed by atoms with van der Waals surface area (Å²) in [6.45, 7) is 6.15. The molecular formula is C29H37N7O4. The summed E-state index contributed by atoms with van der Waals surface area (Å²) >= 11 is 0. The lowest BCUT2D eigenvalue weighted by Gasteiger charge is -2.21. The van der Waals surface area contributed by atoms with Crippen molar-refractivity contribution in [3.05, 3.63) is 100 Å². The van der Waals surface area contributed by atoms with Crippen molar-refractivity contribution in [2.45, 2.75) is 25.9 Å². The molecule has 0 unspecified atom stereocenters. The van der Waals surface area contributed by atoms with Crippen LogP contribution in [-0.2, 0) is 27.3 Å². The molecule has 0 spiro atoms. The lowest BCUT2D eigenvalue weighted by atomic mass is 10.2. The summed E-state index contributed by atoms with van der Waals surface area (Å²) in [5.74, 6) is -0.176. The molecule has 2 heterocycles. The van der Waals surface area contributed by atoms with Crippen LogP contribution in [0.5, 0.6) is 0 Å².